The van der Waals surface area contributed by atoms with Crippen molar-refractivity contribution in [3.05, 3.63) is 23.8 Å². The molecule has 1 unspecified atom stereocenters. The third-order valence-electron chi connectivity index (χ3n) is 2.55. The van der Waals surface area contributed by atoms with Crippen molar-refractivity contribution >= 4 is 17.7 Å². The number of hydrogen-bond acceptors (Lipinski definition) is 4. The fraction of sp³-hybridized carbons (Fsp3) is 0.417. The molecule has 1 aromatic rings. The quantitative estimate of drug-likeness (QED) is 0.576. The molecule has 0 spiro atoms. The Kier molecular flexibility index (Phi) is 4.31. The summed E-state index contributed by atoms with van der Waals surface area (Å²) in [7, 11) is 3.97. The zero-order valence-electron chi connectivity index (χ0n) is 9.81. The van der Waals surface area contributed by atoms with Crippen molar-refractivity contribution in [2.75, 3.05) is 32.1 Å². The molecule has 0 fully saturated rings. The van der Waals surface area contributed by atoms with Gasteiger partial charge in [-0.3, -0.25) is 0 Å². The highest BCUT2D eigenvalue weighted by Crippen LogP contribution is 2.24. The number of anilines is 2. The van der Waals surface area contributed by atoms with Crippen LogP contribution in [-0.4, -0.2) is 31.8 Å². The molecule has 0 aromatic heterocycles. The van der Waals surface area contributed by atoms with E-state index >= 15 is 0 Å². The van der Waals surface area contributed by atoms with E-state index in [-0.39, 0.29) is 5.92 Å². The molecule has 16 heavy (non-hydrogen) atoms. The van der Waals surface area contributed by atoms with Gasteiger partial charge in [0.05, 0.1) is 11.4 Å². The predicted molar refractivity (Wildman–Crippen MR) is 67.2 cm³/mol. The van der Waals surface area contributed by atoms with Crippen LogP contribution in [0, 0.1) is 0 Å². The predicted octanol–water partition coefficient (Wildman–Crippen LogP) is 1.09. The molecule has 0 bridgehead atoms. The number of carbonyl (C=O) groups excluding carboxylic acids is 1. The SMILES string of the molecule is CN(C)CC(CC=O)c1ccc(N)c(N)c1. The minimum Gasteiger partial charge on any atom is -0.397 e. The van der Waals surface area contributed by atoms with Crippen LogP contribution in [0.4, 0.5) is 11.4 Å². The smallest absolute Gasteiger partial charge is 0.120 e. The number of rotatable bonds is 5. The van der Waals surface area contributed by atoms with Gasteiger partial charge in [0.15, 0.2) is 0 Å². The molecule has 0 saturated heterocycles. The van der Waals surface area contributed by atoms with E-state index in [2.05, 4.69) is 4.90 Å². The lowest BCUT2D eigenvalue weighted by Crippen LogP contribution is -2.20. The lowest BCUT2D eigenvalue weighted by atomic mass is 9.95. The summed E-state index contributed by atoms with van der Waals surface area (Å²) in [6, 6.07) is 5.58. The summed E-state index contributed by atoms with van der Waals surface area (Å²) in [5.41, 5.74) is 13.6. The van der Waals surface area contributed by atoms with Gasteiger partial charge in [0.25, 0.3) is 0 Å². The molecule has 0 heterocycles. The maximum absolute atomic E-state index is 10.6. The van der Waals surface area contributed by atoms with E-state index in [0.29, 0.717) is 17.8 Å². The zero-order valence-corrected chi connectivity index (χ0v) is 9.81. The first kappa shape index (κ1) is 12.5. The number of hydrogen-bond donors (Lipinski definition) is 2. The van der Waals surface area contributed by atoms with Crippen LogP contribution >= 0.6 is 0 Å². The summed E-state index contributed by atoms with van der Waals surface area (Å²) >= 11 is 0. The zero-order chi connectivity index (χ0) is 12.1. The molecule has 88 valence electrons. The average molecular weight is 221 g/mol. The number of nitrogens with zero attached hydrogens (tertiary/aromatic N) is 1. The minimum atomic E-state index is 0.176. The van der Waals surface area contributed by atoms with Crippen molar-refractivity contribution in [1.82, 2.24) is 4.90 Å². The Balaban J connectivity index is 2.91. The van der Waals surface area contributed by atoms with Gasteiger partial charge in [-0.25, -0.2) is 0 Å². The number of nitrogen functional groups attached to an aromatic ring is 2. The van der Waals surface area contributed by atoms with Crippen LogP contribution < -0.4 is 11.5 Å². The fourth-order valence-electron chi connectivity index (χ4n) is 1.72. The topological polar surface area (TPSA) is 72.3 Å². The van der Waals surface area contributed by atoms with Crippen molar-refractivity contribution in [3.63, 3.8) is 0 Å². The molecule has 0 aliphatic carbocycles. The third kappa shape index (κ3) is 3.24. The molecule has 1 atom stereocenters. The lowest BCUT2D eigenvalue weighted by Gasteiger charge is -2.20. The summed E-state index contributed by atoms with van der Waals surface area (Å²) in [4.78, 5) is 12.7. The van der Waals surface area contributed by atoms with Crippen molar-refractivity contribution < 1.29 is 4.79 Å². The minimum absolute atomic E-state index is 0.176. The number of likely N-dealkylation sites (N-methyl/N-ethyl adjacent to an activating group) is 1. The summed E-state index contributed by atoms with van der Waals surface area (Å²) in [5, 5.41) is 0. The second kappa shape index (κ2) is 5.51. The Labute approximate surface area is 96.2 Å². The molecular formula is C12H19N3O. The van der Waals surface area contributed by atoms with Gasteiger partial charge in [0, 0.05) is 18.9 Å². The maximum atomic E-state index is 10.6. The number of aldehydes is 1. The number of carbonyl (C=O) groups is 1. The van der Waals surface area contributed by atoms with E-state index in [1.54, 1.807) is 6.07 Å². The average Bonchev–Trinajstić information content (AvgIpc) is 2.21. The van der Waals surface area contributed by atoms with E-state index in [0.717, 1.165) is 18.4 Å². The van der Waals surface area contributed by atoms with Crippen LogP contribution in [0.1, 0.15) is 17.9 Å². The van der Waals surface area contributed by atoms with Crippen molar-refractivity contribution in [2.45, 2.75) is 12.3 Å². The van der Waals surface area contributed by atoms with E-state index in [1.165, 1.54) is 0 Å². The summed E-state index contributed by atoms with van der Waals surface area (Å²) < 4.78 is 0. The van der Waals surface area contributed by atoms with Gasteiger partial charge < -0.3 is 21.2 Å². The van der Waals surface area contributed by atoms with Crippen LogP contribution in [0.3, 0.4) is 0 Å². The van der Waals surface area contributed by atoms with Crippen LogP contribution in [0.25, 0.3) is 0 Å². The molecule has 0 saturated carbocycles. The van der Waals surface area contributed by atoms with Gasteiger partial charge >= 0.3 is 0 Å². The van der Waals surface area contributed by atoms with E-state index < -0.39 is 0 Å². The van der Waals surface area contributed by atoms with Gasteiger partial charge in [0.1, 0.15) is 6.29 Å². The molecule has 0 aliphatic rings. The van der Waals surface area contributed by atoms with Crippen LogP contribution in [0.5, 0.6) is 0 Å². The van der Waals surface area contributed by atoms with Crippen molar-refractivity contribution in [3.8, 4) is 0 Å². The lowest BCUT2D eigenvalue weighted by molar-refractivity contribution is -0.108. The Morgan fingerprint density at radius 2 is 2.00 bits per heavy atom. The van der Waals surface area contributed by atoms with Gasteiger partial charge in [-0.15, -0.1) is 0 Å². The monoisotopic (exact) mass is 221 g/mol. The van der Waals surface area contributed by atoms with Crippen molar-refractivity contribution in [1.29, 1.82) is 0 Å². The highest BCUT2D eigenvalue weighted by Gasteiger charge is 2.13. The van der Waals surface area contributed by atoms with Crippen LogP contribution in [0.2, 0.25) is 0 Å². The summed E-state index contributed by atoms with van der Waals surface area (Å²) in [5.74, 6) is 0.176. The Morgan fingerprint density at radius 3 is 2.50 bits per heavy atom. The largest absolute Gasteiger partial charge is 0.397 e. The van der Waals surface area contributed by atoms with Crippen molar-refractivity contribution in [2.24, 2.45) is 0 Å². The van der Waals surface area contributed by atoms with Crippen LogP contribution in [0.15, 0.2) is 18.2 Å². The standard InChI is InChI=1S/C12H19N3O/c1-15(2)8-10(5-6-16)9-3-4-11(13)12(14)7-9/h3-4,6-7,10H,5,8,13-14H2,1-2H3. The highest BCUT2D eigenvalue weighted by molar-refractivity contribution is 5.64. The third-order valence-corrected chi connectivity index (χ3v) is 2.55. The van der Waals surface area contributed by atoms with E-state index in [4.69, 9.17) is 11.5 Å². The number of nitrogens with two attached hydrogens (primary N) is 2. The second-order valence-electron chi connectivity index (χ2n) is 4.25. The molecule has 4 heteroatoms. The second-order valence-corrected chi connectivity index (χ2v) is 4.25. The Hall–Kier alpha value is -1.55. The van der Waals surface area contributed by atoms with Gasteiger partial charge in [-0.2, -0.15) is 0 Å². The molecular weight excluding hydrogens is 202 g/mol. The number of benzene rings is 1. The first-order valence-corrected chi connectivity index (χ1v) is 5.28. The van der Waals surface area contributed by atoms with Gasteiger partial charge in [0.2, 0.25) is 0 Å². The van der Waals surface area contributed by atoms with E-state index in [9.17, 15) is 4.79 Å². The molecule has 0 radical (unpaired) electrons. The summed E-state index contributed by atoms with van der Waals surface area (Å²) in [6.07, 6.45) is 1.45. The molecule has 4 nitrogen and oxygen atoms in total. The van der Waals surface area contributed by atoms with E-state index in [1.807, 2.05) is 26.2 Å². The first-order valence-electron chi connectivity index (χ1n) is 5.28. The summed E-state index contributed by atoms with van der Waals surface area (Å²) in [6.45, 7) is 0.822. The highest BCUT2D eigenvalue weighted by atomic mass is 16.1. The molecule has 4 N–H and O–H groups in total. The Bertz CT molecular complexity index is 363. The van der Waals surface area contributed by atoms with Gasteiger partial charge in [-0.1, -0.05) is 6.07 Å². The molecule has 0 amide bonds. The first-order chi connectivity index (χ1) is 7.54. The molecule has 1 aromatic carbocycles. The Morgan fingerprint density at radius 1 is 1.31 bits per heavy atom. The molecule has 0 aliphatic heterocycles. The molecule has 1 rings (SSSR count). The van der Waals surface area contributed by atoms with Gasteiger partial charge in [-0.05, 0) is 31.8 Å². The maximum Gasteiger partial charge on any atom is 0.120 e. The van der Waals surface area contributed by atoms with Crippen LogP contribution in [-0.2, 0) is 4.79 Å². The fourth-order valence-corrected chi connectivity index (χ4v) is 1.72. The normalized spacial score (nSPS) is 12.7.